The van der Waals surface area contributed by atoms with Gasteiger partial charge in [0.15, 0.2) is 0 Å². The maximum Gasteiger partial charge on any atom is 0.0825 e. The van der Waals surface area contributed by atoms with E-state index in [4.69, 9.17) is 0 Å². The predicted molar refractivity (Wildman–Crippen MR) is 142 cm³/mol. The molecule has 1 nitrogen and oxygen atoms in total. The highest BCUT2D eigenvalue weighted by Gasteiger charge is 2.53. The molecule has 0 amide bonds. The molecule has 34 heavy (non-hydrogen) atoms. The first-order valence-electron chi connectivity index (χ1n) is 11.9. The van der Waals surface area contributed by atoms with Gasteiger partial charge in [-0.3, -0.25) is 0 Å². The van der Waals surface area contributed by atoms with Crippen LogP contribution in [-0.4, -0.2) is 4.98 Å². The Morgan fingerprint density at radius 2 is 1.62 bits per heavy atom. The van der Waals surface area contributed by atoms with Gasteiger partial charge in [0.05, 0.1) is 10.9 Å². The first kappa shape index (κ1) is 19.2. The predicted octanol–water partition coefficient (Wildman–Crippen LogP) is 8.18. The molecule has 4 aromatic carbocycles. The number of aromatic nitrogens is 1. The minimum atomic E-state index is -0.426. The van der Waals surface area contributed by atoms with E-state index >= 15 is 0 Å². The van der Waals surface area contributed by atoms with E-state index in [0.29, 0.717) is 0 Å². The minimum absolute atomic E-state index is 0.426. The second-order valence-electron chi connectivity index (χ2n) is 9.11. The van der Waals surface area contributed by atoms with E-state index in [-0.39, 0.29) is 0 Å². The van der Waals surface area contributed by atoms with Gasteiger partial charge < -0.3 is 4.98 Å². The molecule has 2 aliphatic rings. The van der Waals surface area contributed by atoms with Gasteiger partial charge in [-0.15, -0.1) is 0 Å². The molecule has 1 heteroatoms. The van der Waals surface area contributed by atoms with Crippen LogP contribution in [0.4, 0.5) is 0 Å². The van der Waals surface area contributed by atoms with E-state index in [9.17, 15) is 0 Å². The third-order valence-electron chi connectivity index (χ3n) is 7.56. The molecule has 1 spiro atoms. The highest BCUT2D eigenvalue weighted by atomic mass is 14.7. The lowest BCUT2D eigenvalue weighted by molar-refractivity contribution is 0.800. The van der Waals surface area contributed by atoms with Gasteiger partial charge in [0.25, 0.3) is 0 Å². The van der Waals surface area contributed by atoms with Crippen molar-refractivity contribution in [1.82, 2.24) is 4.98 Å². The molecule has 7 rings (SSSR count). The van der Waals surface area contributed by atoms with Crippen molar-refractivity contribution < 1.29 is 0 Å². The lowest BCUT2D eigenvalue weighted by Gasteiger charge is -2.29. The Morgan fingerprint density at radius 3 is 2.35 bits per heavy atom. The highest BCUT2D eigenvalue weighted by molar-refractivity contribution is 6.05. The molecule has 0 radical (unpaired) electrons. The number of benzene rings is 3. The quantitative estimate of drug-likeness (QED) is 0.289. The molecule has 160 valence electrons. The average molecular weight is 434 g/mol. The molecule has 5 aromatic rings. The summed E-state index contributed by atoms with van der Waals surface area (Å²) in [5.74, 6) is 0. The van der Waals surface area contributed by atoms with Crippen LogP contribution in [0.1, 0.15) is 46.9 Å². The van der Waals surface area contributed by atoms with E-state index in [2.05, 4.69) is 110 Å². The Morgan fingerprint density at radius 1 is 0.882 bits per heavy atom. The zero-order valence-corrected chi connectivity index (χ0v) is 19.1. The number of H-pyrrole nitrogens is 1. The van der Waals surface area contributed by atoms with Crippen molar-refractivity contribution in [2.75, 3.05) is 0 Å². The van der Waals surface area contributed by atoms with Gasteiger partial charge in [0.1, 0.15) is 0 Å². The Balaban J connectivity index is 1.71. The van der Waals surface area contributed by atoms with Gasteiger partial charge in [-0.05, 0) is 58.0 Å². The number of fused-ring (bicyclic) bond motifs is 12. The van der Waals surface area contributed by atoms with Gasteiger partial charge in [-0.1, -0.05) is 98.5 Å². The molecular formula is C33H23N. The Bertz CT molecular complexity index is 1600. The zero-order valence-electron chi connectivity index (χ0n) is 19.1. The first-order valence-corrected chi connectivity index (χ1v) is 11.9. The van der Waals surface area contributed by atoms with Crippen molar-refractivity contribution in [3.63, 3.8) is 0 Å². The maximum absolute atomic E-state index is 4.15. The lowest BCUT2D eigenvalue weighted by Crippen LogP contribution is -2.26. The van der Waals surface area contributed by atoms with Crippen LogP contribution in [0.15, 0.2) is 85.5 Å². The SMILES string of the molecule is C=Cc1c(/C=C\CC)[nH]c2c3c(ccc12)-c1ccccc1C31c2c#cccc2-c2ccccc21. The number of allylic oxidation sites excluding steroid dienone is 1. The molecule has 1 unspecified atom stereocenters. The third-order valence-corrected chi connectivity index (χ3v) is 7.56. The summed E-state index contributed by atoms with van der Waals surface area (Å²) in [5, 5.41) is 1.21. The number of rotatable bonds is 3. The summed E-state index contributed by atoms with van der Waals surface area (Å²) in [6.45, 7) is 6.31. The van der Waals surface area contributed by atoms with Gasteiger partial charge in [-0.25, -0.2) is 0 Å². The van der Waals surface area contributed by atoms with Crippen molar-refractivity contribution in [3.05, 3.63) is 131 Å². The Labute approximate surface area is 200 Å². The second-order valence-corrected chi connectivity index (χ2v) is 9.11. The standard InChI is InChI=1S/C33H23N/c1-3-5-18-30-21(4-2)26-20-19-25-24-14-8-11-17-29(24)33(31(25)32(26)34-30)27-15-9-6-12-22(27)23-13-7-10-16-28(23)33/h4-9,11-15,17-20,34H,2-3H2,1H3/b18-5-. The average Bonchev–Trinajstić information content (AvgIpc) is 3.50. The number of hydrogen-bond acceptors (Lipinski definition) is 0. The number of aromatic amines is 1. The van der Waals surface area contributed by atoms with Gasteiger partial charge in [-0.2, -0.15) is 0 Å². The van der Waals surface area contributed by atoms with Crippen LogP contribution in [0.3, 0.4) is 0 Å². The molecule has 1 N–H and O–H groups in total. The number of hydrogen-bond donors (Lipinski definition) is 1. The van der Waals surface area contributed by atoms with Crippen LogP contribution in [0.2, 0.25) is 0 Å². The fourth-order valence-electron chi connectivity index (χ4n) is 6.31. The summed E-state index contributed by atoms with van der Waals surface area (Å²) in [5.41, 5.74) is 13.3. The molecular weight excluding hydrogens is 410 g/mol. The van der Waals surface area contributed by atoms with Crippen molar-refractivity contribution in [1.29, 1.82) is 0 Å². The summed E-state index contributed by atoms with van der Waals surface area (Å²) in [6, 6.07) is 33.3. The monoisotopic (exact) mass is 433 g/mol. The molecule has 0 saturated heterocycles. The van der Waals surface area contributed by atoms with E-state index in [1.165, 1.54) is 55.4 Å². The zero-order chi connectivity index (χ0) is 22.9. The normalized spacial score (nSPS) is 14.1. The maximum atomic E-state index is 4.15. The number of nitrogens with one attached hydrogen (secondary N) is 1. The molecule has 1 atom stereocenters. The smallest absolute Gasteiger partial charge is 0.0825 e. The van der Waals surface area contributed by atoms with E-state index in [1.807, 2.05) is 12.1 Å². The molecule has 0 saturated carbocycles. The van der Waals surface area contributed by atoms with Crippen molar-refractivity contribution in [3.8, 4) is 22.3 Å². The van der Waals surface area contributed by atoms with Crippen LogP contribution < -0.4 is 0 Å². The van der Waals surface area contributed by atoms with Crippen molar-refractivity contribution >= 4 is 23.1 Å². The van der Waals surface area contributed by atoms with Gasteiger partial charge in [0, 0.05) is 27.8 Å². The van der Waals surface area contributed by atoms with Crippen molar-refractivity contribution in [2.24, 2.45) is 0 Å². The molecule has 0 aliphatic heterocycles. The van der Waals surface area contributed by atoms with E-state index in [0.717, 1.165) is 17.7 Å². The summed E-state index contributed by atoms with van der Waals surface area (Å²) < 4.78 is 0. The highest BCUT2D eigenvalue weighted by Crippen LogP contribution is 2.63. The van der Waals surface area contributed by atoms with Crippen LogP contribution in [0, 0.1) is 12.1 Å². The van der Waals surface area contributed by atoms with Gasteiger partial charge >= 0.3 is 0 Å². The summed E-state index contributed by atoms with van der Waals surface area (Å²) >= 11 is 0. The summed E-state index contributed by atoms with van der Waals surface area (Å²) in [4.78, 5) is 3.82. The summed E-state index contributed by atoms with van der Waals surface area (Å²) in [6.07, 6.45) is 7.36. The summed E-state index contributed by atoms with van der Waals surface area (Å²) in [7, 11) is 0. The van der Waals surface area contributed by atoms with Crippen molar-refractivity contribution in [2.45, 2.75) is 18.8 Å². The van der Waals surface area contributed by atoms with Crippen LogP contribution in [-0.2, 0) is 5.41 Å². The van der Waals surface area contributed by atoms with Crippen LogP contribution >= 0.6 is 0 Å². The Hall–Kier alpha value is -4.28. The molecule has 0 fully saturated rings. The van der Waals surface area contributed by atoms with Gasteiger partial charge in [0.2, 0.25) is 0 Å². The Kier molecular flexibility index (Phi) is 3.88. The third kappa shape index (κ3) is 2.16. The van der Waals surface area contributed by atoms with Crippen LogP contribution in [0.25, 0.3) is 45.3 Å². The molecule has 1 heterocycles. The second kappa shape index (κ2) is 6.86. The van der Waals surface area contributed by atoms with E-state index in [1.54, 1.807) is 0 Å². The fraction of sp³-hybridized carbons (Fsp3) is 0.0909. The molecule has 0 bridgehead atoms. The fourth-order valence-corrected chi connectivity index (χ4v) is 6.31. The molecule has 2 aliphatic carbocycles. The first-order chi connectivity index (χ1) is 16.8. The lowest BCUT2D eigenvalue weighted by atomic mass is 9.70. The van der Waals surface area contributed by atoms with E-state index < -0.39 is 5.41 Å². The molecule has 1 aromatic heterocycles. The minimum Gasteiger partial charge on any atom is -0.354 e. The largest absolute Gasteiger partial charge is 0.354 e. The topological polar surface area (TPSA) is 15.8 Å². The van der Waals surface area contributed by atoms with Crippen LogP contribution in [0.5, 0.6) is 0 Å².